The van der Waals surface area contributed by atoms with Crippen molar-refractivity contribution in [3.05, 3.63) is 40.8 Å². The standard InChI is InChI=1S/C16H16ClN7O/c1-8-4-13(24-23-8)21-14-11-5-9(17)2-3-12(11)20-15(22-14)16(25)19-10-6-18-7-10/h2-5,10,18H,6-7H2,1H3,(H,19,25)(H2,20,21,22,23,24). The van der Waals surface area contributed by atoms with Gasteiger partial charge >= 0.3 is 0 Å². The number of rotatable bonds is 4. The summed E-state index contributed by atoms with van der Waals surface area (Å²) < 4.78 is 0. The molecule has 0 spiro atoms. The zero-order chi connectivity index (χ0) is 17.4. The summed E-state index contributed by atoms with van der Waals surface area (Å²) >= 11 is 6.10. The Morgan fingerprint density at radius 2 is 2.12 bits per heavy atom. The van der Waals surface area contributed by atoms with Gasteiger partial charge in [0.15, 0.2) is 5.82 Å². The van der Waals surface area contributed by atoms with Crippen LogP contribution in [-0.4, -0.2) is 45.2 Å². The molecule has 0 atom stereocenters. The van der Waals surface area contributed by atoms with Crippen LogP contribution in [0, 0.1) is 6.92 Å². The number of halogens is 1. The normalized spacial score (nSPS) is 14.3. The number of nitrogens with one attached hydrogen (secondary N) is 4. The number of aryl methyl sites for hydroxylation is 1. The number of aromatic nitrogens is 4. The smallest absolute Gasteiger partial charge is 0.289 e. The van der Waals surface area contributed by atoms with E-state index in [-0.39, 0.29) is 17.8 Å². The van der Waals surface area contributed by atoms with Crippen LogP contribution < -0.4 is 16.0 Å². The van der Waals surface area contributed by atoms with Gasteiger partial charge in [-0.1, -0.05) is 11.6 Å². The van der Waals surface area contributed by atoms with Gasteiger partial charge < -0.3 is 16.0 Å². The van der Waals surface area contributed by atoms with Crippen molar-refractivity contribution in [2.24, 2.45) is 0 Å². The number of aromatic amines is 1. The van der Waals surface area contributed by atoms with E-state index in [1.807, 2.05) is 13.0 Å². The molecule has 0 unspecified atom stereocenters. The first-order valence-electron chi connectivity index (χ1n) is 7.86. The van der Waals surface area contributed by atoms with Crippen LogP contribution in [0.2, 0.25) is 5.02 Å². The molecule has 1 aliphatic rings. The van der Waals surface area contributed by atoms with E-state index in [2.05, 4.69) is 36.1 Å². The van der Waals surface area contributed by atoms with Crippen molar-refractivity contribution >= 4 is 40.0 Å². The molecule has 1 saturated heterocycles. The second-order valence-corrected chi connectivity index (χ2v) is 6.38. The molecule has 0 bridgehead atoms. The number of hydrogen-bond acceptors (Lipinski definition) is 6. The summed E-state index contributed by atoms with van der Waals surface area (Å²) in [4.78, 5) is 21.2. The van der Waals surface area contributed by atoms with Crippen LogP contribution >= 0.6 is 11.6 Å². The largest absolute Gasteiger partial charge is 0.344 e. The molecule has 1 aromatic carbocycles. The predicted octanol–water partition coefficient (Wildman–Crippen LogP) is 1.76. The van der Waals surface area contributed by atoms with Crippen LogP contribution in [0.4, 0.5) is 11.6 Å². The molecule has 2 aromatic heterocycles. The molecule has 1 fully saturated rings. The second kappa shape index (κ2) is 6.30. The third kappa shape index (κ3) is 3.26. The Bertz CT molecular complexity index is 951. The van der Waals surface area contributed by atoms with Crippen LogP contribution in [0.15, 0.2) is 24.3 Å². The lowest BCUT2D eigenvalue weighted by atomic mass is 10.2. The average Bonchev–Trinajstić information content (AvgIpc) is 2.96. The Kier molecular flexibility index (Phi) is 3.98. The quantitative estimate of drug-likeness (QED) is 0.566. The summed E-state index contributed by atoms with van der Waals surface area (Å²) in [5, 5.41) is 17.4. The van der Waals surface area contributed by atoms with Gasteiger partial charge in [-0.05, 0) is 25.1 Å². The van der Waals surface area contributed by atoms with Crippen LogP contribution in [-0.2, 0) is 0 Å². The number of anilines is 2. The van der Waals surface area contributed by atoms with Crippen LogP contribution in [0.1, 0.15) is 16.3 Å². The van der Waals surface area contributed by atoms with Gasteiger partial charge in [-0.15, -0.1) is 0 Å². The van der Waals surface area contributed by atoms with Gasteiger partial charge in [0.25, 0.3) is 5.91 Å². The highest BCUT2D eigenvalue weighted by Gasteiger charge is 2.22. The lowest BCUT2D eigenvalue weighted by Gasteiger charge is -2.27. The molecule has 3 heterocycles. The van der Waals surface area contributed by atoms with Crippen molar-refractivity contribution in [1.29, 1.82) is 0 Å². The zero-order valence-corrected chi connectivity index (χ0v) is 14.2. The van der Waals surface area contributed by atoms with Gasteiger partial charge in [0.05, 0.1) is 11.6 Å². The highest BCUT2D eigenvalue weighted by atomic mass is 35.5. The summed E-state index contributed by atoms with van der Waals surface area (Å²) in [6.45, 7) is 3.41. The van der Waals surface area contributed by atoms with Gasteiger partial charge in [0.2, 0.25) is 5.82 Å². The van der Waals surface area contributed by atoms with E-state index in [0.717, 1.165) is 24.2 Å². The molecule has 0 aliphatic carbocycles. The van der Waals surface area contributed by atoms with E-state index < -0.39 is 0 Å². The first-order chi connectivity index (χ1) is 12.1. The Hall–Kier alpha value is -2.71. The number of nitrogens with zero attached hydrogens (tertiary/aromatic N) is 3. The lowest BCUT2D eigenvalue weighted by molar-refractivity contribution is 0.0914. The molecule has 4 rings (SSSR count). The third-order valence-corrected chi connectivity index (χ3v) is 4.17. The molecule has 1 aliphatic heterocycles. The van der Waals surface area contributed by atoms with Crippen LogP contribution in [0.25, 0.3) is 10.9 Å². The molecule has 9 heteroatoms. The van der Waals surface area contributed by atoms with Crippen molar-refractivity contribution < 1.29 is 4.79 Å². The van der Waals surface area contributed by atoms with Gasteiger partial charge in [-0.3, -0.25) is 9.89 Å². The minimum Gasteiger partial charge on any atom is -0.344 e. The van der Waals surface area contributed by atoms with Gasteiger partial charge in [0, 0.05) is 35.3 Å². The van der Waals surface area contributed by atoms with Gasteiger partial charge in [0.1, 0.15) is 5.82 Å². The maximum absolute atomic E-state index is 12.4. The average molecular weight is 358 g/mol. The molecule has 3 aromatic rings. The number of carbonyl (C=O) groups is 1. The van der Waals surface area contributed by atoms with Gasteiger partial charge in [-0.2, -0.15) is 5.10 Å². The molecular formula is C16H16ClN7O. The Labute approximate surface area is 148 Å². The second-order valence-electron chi connectivity index (χ2n) is 5.95. The third-order valence-electron chi connectivity index (χ3n) is 3.93. The van der Waals surface area contributed by atoms with E-state index in [1.165, 1.54) is 0 Å². The first kappa shape index (κ1) is 15.8. The summed E-state index contributed by atoms with van der Waals surface area (Å²) in [5.74, 6) is 0.893. The Morgan fingerprint density at radius 1 is 1.28 bits per heavy atom. The predicted molar refractivity (Wildman–Crippen MR) is 95.3 cm³/mol. The molecule has 25 heavy (non-hydrogen) atoms. The Balaban J connectivity index is 1.74. The van der Waals surface area contributed by atoms with Crippen LogP contribution in [0.5, 0.6) is 0 Å². The maximum Gasteiger partial charge on any atom is 0.289 e. The van der Waals surface area contributed by atoms with Crippen molar-refractivity contribution in [3.63, 3.8) is 0 Å². The first-order valence-corrected chi connectivity index (χ1v) is 8.24. The van der Waals surface area contributed by atoms with Crippen molar-refractivity contribution in [1.82, 2.24) is 30.8 Å². The van der Waals surface area contributed by atoms with E-state index in [0.29, 0.717) is 22.2 Å². The lowest BCUT2D eigenvalue weighted by Crippen LogP contribution is -2.57. The molecule has 0 saturated carbocycles. The summed E-state index contributed by atoms with van der Waals surface area (Å²) in [6, 6.07) is 7.22. The maximum atomic E-state index is 12.4. The fraction of sp³-hybridized carbons (Fsp3) is 0.250. The summed E-state index contributed by atoms with van der Waals surface area (Å²) in [7, 11) is 0. The molecule has 128 valence electrons. The van der Waals surface area contributed by atoms with Crippen molar-refractivity contribution in [2.75, 3.05) is 18.4 Å². The topological polar surface area (TPSA) is 108 Å². The number of H-pyrrole nitrogens is 1. The fourth-order valence-electron chi connectivity index (χ4n) is 2.54. The monoisotopic (exact) mass is 357 g/mol. The molecule has 4 N–H and O–H groups in total. The highest BCUT2D eigenvalue weighted by molar-refractivity contribution is 6.31. The number of amides is 1. The van der Waals surface area contributed by atoms with Crippen molar-refractivity contribution in [2.45, 2.75) is 13.0 Å². The highest BCUT2D eigenvalue weighted by Crippen LogP contribution is 2.26. The number of hydrogen-bond donors (Lipinski definition) is 4. The minimum absolute atomic E-state index is 0.108. The molecular weight excluding hydrogens is 342 g/mol. The van der Waals surface area contributed by atoms with E-state index in [1.54, 1.807) is 18.2 Å². The van der Waals surface area contributed by atoms with Gasteiger partial charge in [-0.25, -0.2) is 9.97 Å². The SMILES string of the molecule is Cc1cc(Nc2nc(C(=O)NC3CNC3)nc3ccc(Cl)cc23)n[nH]1. The fourth-order valence-corrected chi connectivity index (χ4v) is 2.71. The number of fused-ring (bicyclic) bond motifs is 1. The van der Waals surface area contributed by atoms with Crippen molar-refractivity contribution in [3.8, 4) is 0 Å². The molecule has 1 amide bonds. The van der Waals surface area contributed by atoms with E-state index in [9.17, 15) is 4.79 Å². The molecule has 0 radical (unpaired) electrons. The number of carbonyl (C=O) groups excluding carboxylic acids is 1. The summed E-state index contributed by atoms with van der Waals surface area (Å²) in [6.07, 6.45) is 0. The molecule has 8 nitrogen and oxygen atoms in total. The summed E-state index contributed by atoms with van der Waals surface area (Å²) in [5.41, 5.74) is 1.54. The zero-order valence-electron chi connectivity index (χ0n) is 13.4. The Morgan fingerprint density at radius 3 is 2.80 bits per heavy atom. The minimum atomic E-state index is -0.301. The number of benzene rings is 1. The van der Waals surface area contributed by atoms with E-state index in [4.69, 9.17) is 11.6 Å². The van der Waals surface area contributed by atoms with Crippen LogP contribution in [0.3, 0.4) is 0 Å². The van der Waals surface area contributed by atoms with E-state index >= 15 is 0 Å².